The van der Waals surface area contributed by atoms with Crippen molar-refractivity contribution in [1.29, 1.82) is 0 Å². The Morgan fingerprint density at radius 3 is 2.63 bits per heavy atom. The lowest BCUT2D eigenvalue weighted by atomic mass is 10.1. The van der Waals surface area contributed by atoms with Crippen molar-refractivity contribution >= 4 is 34.7 Å². The van der Waals surface area contributed by atoms with Crippen LogP contribution in [-0.4, -0.2) is 26.0 Å². The first kappa shape index (κ1) is 20.0. The molecule has 0 aliphatic heterocycles. The molecule has 2 aromatic heterocycles. The Morgan fingerprint density at radius 2 is 1.93 bits per heavy atom. The van der Waals surface area contributed by atoms with Gasteiger partial charge in [-0.05, 0) is 42.3 Å². The molecule has 0 aliphatic carbocycles. The molecule has 2 heterocycles. The van der Waals surface area contributed by atoms with Gasteiger partial charge in [0.15, 0.2) is 17.8 Å². The van der Waals surface area contributed by atoms with Crippen LogP contribution in [0.15, 0.2) is 42.5 Å². The summed E-state index contributed by atoms with van der Waals surface area (Å²) in [5.74, 6) is 0.807. The van der Waals surface area contributed by atoms with Gasteiger partial charge >= 0.3 is 0 Å². The number of rotatable bonds is 6. The van der Waals surface area contributed by atoms with Crippen molar-refractivity contribution in [2.45, 2.75) is 19.9 Å². The number of hydrogen-bond acceptors (Lipinski definition) is 5. The highest BCUT2D eigenvalue weighted by Crippen LogP contribution is 2.29. The molecule has 152 valence electrons. The monoisotopic (exact) mass is 423 g/mol. The van der Waals surface area contributed by atoms with Gasteiger partial charge in [0.1, 0.15) is 11.6 Å². The van der Waals surface area contributed by atoms with Crippen molar-refractivity contribution in [3.05, 3.63) is 70.1 Å². The quantitative estimate of drug-likeness (QED) is 0.450. The lowest BCUT2D eigenvalue weighted by Crippen LogP contribution is -2.05. The lowest BCUT2D eigenvalue weighted by molar-refractivity contribution is 0.112. The molecule has 0 radical (unpaired) electrons. The third-order valence-corrected chi connectivity index (χ3v) is 5.19. The molecule has 8 heteroatoms. The molecule has 1 N–H and O–H groups in total. The van der Waals surface area contributed by atoms with E-state index in [4.69, 9.17) is 16.6 Å². The molecule has 0 fully saturated rings. The fourth-order valence-electron chi connectivity index (χ4n) is 3.29. The first-order valence-corrected chi connectivity index (χ1v) is 9.85. The number of halogens is 2. The number of aromatic nitrogens is 4. The van der Waals surface area contributed by atoms with Crippen LogP contribution < -0.4 is 5.32 Å². The van der Waals surface area contributed by atoms with Crippen molar-refractivity contribution in [2.24, 2.45) is 7.05 Å². The third-order valence-electron chi connectivity index (χ3n) is 4.85. The Bertz CT molecular complexity index is 1240. The smallest absolute Gasteiger partial charge is 0.164 e. The predicted molar refractivity (Wildman–Crippen MR) is 115 cm³/mol. The van der Waals surface area contributed by atoms with E-state index < -0.39 is 0 Å². The van der Waals surface area contributed by atoms with Gasteiger partial charge in [-0.15, -0.1) is 0 Å². The van der Waals surface area contributed by atoms with Gasteiger partial charge in [0.05, 0.1) is 16.1 Å². The molecule has 0 aliphatic rings. The molecule has 4 rings (SSSR count). The van der Waals surface area contributed by atoms with E-state index >= 15 is 0 Å². The normalized spacial score (nSPS) is 11.1. The van der Waals surface area contributed by atoms with Crippen LogP contribution in [0.25, 0.3) is 22.4 Å². The lowest BCUT2D eigenvalue weighted by Gasteiger charge is -2.11. The van der Waals surface area contributed by atoms with Crippen LogP contribution in [-0.2, 0) is 20.0 Å². The van der Waals surface area contributed by atoms with Gasteiger partial charge in [-0.25, -0.2) is 19.0 Å². The highest BCUT2D eigenvalue weighted by atomic mass is 35.5. The maximum Gasteiger partial charge on any atom is 0.164 e. The fourth-order valence-corrected chi connectivity index (χ4v) is 3.46. The average molecular weight is 424 g/mol. The summed E-state index contributed by atoms with van der Waals surface area (Å²) in [7, 11) is 1.83. The molecule has 0 bridgehead atoms. The number of aryl methyl sites for hydroxylation is 2. The van der Waals surface area contributed by atoms with Crippen LogP contribution in [0, 0.1) is 5.82 Å². The van der Waals surface area contributed by atoms with Gasteiger partial charge in [-0.2, -0.15) is 5.10 Å². The molecule has 0 amide bonds. The van der Waals surface area contributed by atoms with E-state index in [9.17, 15) is 9.18 Å². The van der Waals surface area contributed by atoms with Crippen LogP contribution in [0.5, 0.6) is 0 Å². The maximum absolute atomic E-state index is 13.2. The second-order valence-corrected chi connectivity index (χ2v) is 7.26. The molecule has 2 aromatic carbocycles. The summed E-state index contributed by atoms with van der Waals surface area (Å²) in [6, 6.07) is 11.4. The highest BCUT2D eigenvalue weighted by Gasteiger charge is 2.18. The van der Waals surface area contributed by atoms with Crippen LogP contribution in [0.2, 0.25) is 5.02 Å². The van der Waals surface area contributed by atoms with Gasteiger partial charge in [-0.3, -0.25) is 4.79 Å². The van der Waals surface area contributed by atoms with E-state index in [1.165, 1.54) is 12.1 Å². The minimum Gasteiger partial charge on any atom is -0.365 e. The molecule has 0 atom stereocenters. The van der Waals surface area contributed by atoms with Crippen LogP contribution >= 0.6 is 11.6 Å². The predicted octanol–water partition coefficient (Wildman–Crippen LogP) is 4.81. The third kappa shape index (κ3) is 3.76. The van der Waals surface area contributed by atoms with Crippen molar-refractivity contribution in [3.8, 4) is 11.4 Å². The van der Waals surface area contributed by atoms with Crippen molar-refractivity contribution < 1.29 is 9.18 Å². The van der Waals surface area contributed by atoms with Gasteiger partial charge in [0.2, 0.25) is 0 Å². The number of nitrogens with one attached hydrogen (secondary N) is 1. The second kappa shape index (κ2) is 8.20. The number of carbonyl (C=O) groups is 1. The van der Waals surface area contributed by atoms with Gasteiger partial charge < -0.3 is 5.32 Å². The standard InChI is InChI=1S/C22H19ClFN5O/c1-3-18-19-21(25-11-13-4-7-16(24)8-5-13)26-20(27-22(19)29(2)28-18)14-6-9-17(23)15(10-14)12-30/h4-10,12H,3,11H2,1-2H3,(H,25,26,27). The molecule has 0 saturated heterocycles. The molecule has 0 spiro atoms. The minimum atomic E-state index is -0.278. The summed E-state index contributed by atoms with van der Waals surface area (Å²) in [5, 5.41) is 9.12. The van der Waals surface area contributed by atoms with Crippen molar-refractivity contribution in [3.63, 3.8) is 0 Å². The summed E-state index contributed by atoms with van der Waals surface area (Å²) >= 11 is 6.06. The Hall–Kier alpha value is -3.32. The maximum atomic E-state index is 13.2. The van der Waals surface area contributed by atoms with E-state index in [2.05, 4.69) is 15.4 Å². The first-order chi connectivity index (χ1) is 14.5. The Kier molecular flexibility index (Phi) is 5.46. The molecule has 30 heavy (non-hydrogen) atoms. The van der Waals surface area contributed by atoms with E-state index in [1.807, 2.05) is 14.0 Å². The van der Waals surface area contributed by atoms with E-state index in [0.717, 1.165) is 23.1 Å². The van der Waals surface area contributed by atoms with Crippen molar-refractivity contribution in [2.75, 3.05) is 5.32 Å². The highest BCUT2D eigenvalue weighted by molar-refractivity contribution is 6.33. The number of aldehydes is 1. The van der Waals surface area contributed by atoms with Gasteiger partial charge in [-0.1, -0.05) is 30.7 Å². The van der Waals surface area contributed by atoms with Crippen molar-refractivity contribution in [1.82, 2.24) is 19.7 Å². The number of benzene rings is 2. The molecular formula is C22H19ClFN5O. The summed E-state index contributed by atoms with van der Waals surface area (Å²) in [6.07, 6.45) is 1.43. The van der Waals surface area contributed by atoms with Gasteiger partial charge in [0, 0.05) is 24.7 Å². The summed E-state index contributed by atoms with van der Waals surface area (Å²) in [5.41, 5.74) is 3.53. The van der Waals surface area contributed by atoms with Gasteiger partial charge in [0.25, 0.3) is 0 Å². The van der Waals surface area contributed by atoms with E-state index in [0.29, 0.717) is 46.3 Å². The molecule has 4 aromatic rings. The topological polar surface area (TPSA) is 72.7 Å². The average Bonchev–Trinajstić information content (AvgIpc) is 3.09. The molecular weight excluding hydrogens is 405 g/mol. The van der Waals surface area contributed by atoms with Crippen LogP contribution in [0.1, 0.15) is 28.5 Å². The zero-order chi connectivity index (χ0) is 21.3. The summed E-state index contributed by atoms with van der Waals surface area (Å²) < 4.78 is 14.9. The zero-order valence-corrected chi connectivity index (χ0v) is 17.2. The number of fused-ring (bicyclic) bond motifs is 1. The van der Waals surface area contributed by atoms with E-state index in [1.54, 1.807) is 35.0 Å². The second-order valence-electron chi connectivity index (χ2n) is 6.85. The fraction of sp³-hybridized carbons (Fsp3) is 0.182. The first-order valence-electron chi connectivity index (χ1n) is 9.47. The Labute approximate surface area is 177 Å². The number of nitrogens with zero attached hydrogens (tertiary/aromatic N) is 4. The van der Waals surface area contributed by atoms with Crippen LogP contribution in [0.4, 0.5) is 10.2 Å². The Morgan fingerprint density at radius 1 is 1.17 bits per heavy atom. The number of carbonyl (C=O) groups excluding carboxylic acids is 1. The SMILES string of the molecule is CCc1nn(C)c2nc(-c3ccc(Cl)c(C=O)c3)nc(NCc3ccc(F)cc3)c12. The molecule has 0 unspecified atom stereocenters. The van der Waals surface area contributed by atoms with E-state index in [-0.39, 0.29) is 5.82 Å². The summed E-state index contributed by atoms with van der Waals surface area (Å²) in [6.45, 7) is 2.49. The van der Waals surface area contributed by atoms with Crippen LogP contribution in [0.3, 0.4) is 0 Å². The molecule has 0 saturated carbocycles. The minimum absolute atomic E-state index is 0.278. The molecule has 6 nitrogen and oxygen atoms in total. The number of hydrogen-bond donors (Lipinski definition) is 1. The summed E-state index contributed by atoms with van der Waals surface area (Å²) in [4.78, 5) is 20.7. The Balaban J connectivity index is 1.82. The zero-order valence-electron chi connectivity index (χ0n) is 16.5. The largest absolute Gasteiger partial charge is 0.365 e. The number of anilines is 1.